The average Bonchev–Trinajstić information content (AvgIpc) is 2.96. The summed E-state index contributed by atoms with van der Waals surface area (Å²) in [5, 5.41) is 3.17. The molecule has 0 aromatic heterocycles. The summed E-state index contributed by atoms with van der Waals surface area (Å²) in [6, 6.07) is 6.68. The van der Waals surface area contributed by atoms with Gasteiger partial charge >= 0.3 is 5.51 Å². The molecule has 1 nitrogen and oxygen atoms in total. The Labute approximate surface area is 96.4 Å². The molecule has 1 aliphatic carbocycles. The maximum atomic E-state index is 12.2. The van der Waals surface area contributed by atoms with E-state index in [2.05, 4.69) is 5.32 Å². The van der Waals surface area contributed by atoms with Crippen molar-refractivity contribution in [1.82, 2.24) is 5.32 Å². The van der Waals surface area contributed by atoms with E-state index in [9.17, 15) is 13.2 Å². The van der Waals surface area contributed by atoms with Crippen LogP contribution in [0, 0.1) is 0 Å². The van der Waals surface area contributed by atoms with Gasteiger partial charge in [-0.3, -0.25) is 0 Å². The fourth-order valence-corrected chi connectivity index (χ4v) is 2.40. The van der Waals surface area contributed by atoms with E-state index in [4.69, 9.17) is 0 Å². The molecule has 1 N–H and O–H groups in total. The number of hydrogen-bond acceptors (Lipinski definition) is 2. The Morgan fingerprint density at radius 1 is 1.31 bits per heavy atom. The van der Waals surface area contributed by atoms with Gasteiger partial charge in [-0.1, -0.05) is 12.1 Å². The molecule has 0 aliphatic heterocycles. The number of rotatable bonds is 3. The number of benzene rings is 1. The maximum absolute atomic E-state index is 12.2. The normalized spacial score (nSPS) is 18.5. The molecule has 16 heavy (non-hydrogen) atoms. The van der Waals surface area contributed by atoms with Gasteiger partial charge in [-0.2, -0.15) is 13.2 Å². The third kappa shape index (κ3) is 2.52. The molecule has 2 rings (SSSR count). The average molecular weight is 247 g/mol. The standard InChI is InChI=1S/C11H12F3NS/c1-15-10(5-6-10)8-3-2-4-9(7-8)16-11(12,13)14/h2-4,7,15H,5-6H2,1H3. The molecular formula is C11H12F3NS. The number of hydrogen-bond donors (Lipinski definition) is 1. The van der Waals surface area contributed by atoms with Gasteiger partial charge in [0.15, 0.2) is 0 Å². The van der Waals surface area contributed by atoms with Crippen LogP contribution in [0.25, 0.3) is 0 Å². The molecule has 0 heterocycles. The van der Waals surface area contributed by atoms with E-state index in [1.807, 2.05) is 13.1 Å². The van der Waals surface area contributed by atoms with Crippen molar-refractivity contribution in [3.05, 3.63) is 29.8 Å². The smallest absolute Gasteiger partial charge is 0.310 e. The van der Waals surface area contributed by atoms with Crippen molar-refractivity contribution >= 4 is 11.8 Å². The van der Waals surface area contributed by atoms with Gasteiger partial charge in [0.25, 0.3) is 0 Å². The first-order valence-corrected chi connectivity index (χ1v) is 5.82. The van der Waals surface area contributed by atoms with Crippen LogP contribution in [-0.2, 0) is 5.54 Å². The van der Waals surface area contributed by atoms with Crippen LogP contribution in [0.1, 0.15) is 18.4 Å². The Bertz CT molecular complexity index is 385. The van der Waals surface area contributed by atoms with Crippen molar-refractivity contribution in [2.45, 2.75) is 28.8 Å². The van der Waals surface area contributed by atoms with Gasteiger partial charge in [-0.25, -0.2) is 0 Å². The van der Waals surface area contributed by atoms with Crippen LogP contribution in [0.3, 0.4) is 0 Å². The van der Waals surface area contributed by atoms with Gasteiger partial charge in [0.1, 0.15) is 0 Å². The molecule has 1 fully saturated rings. The molecule has 88 valence electrons. The minimum atomic E-state index is -4.21. The Morgan fingerprint density at radius 2 is 2.00 bits per heavy atom. The van der Waals surface area contributed by atoms with Crippen LogP contribution >= 0.6 is 11.8 Å². The minimum absolute atomic E-state index is 0.0585. The Morgan fingerprint density at radius 3 is 2.50 bits per heavy atom. The van der Waals surface area contributed by atoms with Crippen molar-refractivity contribution in [2.75, 3.05) is 7.05 Å². The minimum Gasteiger partial charge on any atom is -0.310 e. The quantitative estimate of drug-likeness (QED) is 0.820. The topological polar surface area (TPSA) is 12.0 Å². The summed E-state index contributed by atoms with van der Waals surface area (Å²) in [5.74, 6) is 0. The number of nitrogens with one attached hydrogen (secondary N) is 1. The molecule has 1 aromatic carbocycles. The highest BCUT2D eigenvalue weighted by Gasteiger charge is 2.43. The fourth-order valence-electron chi connectivity index (χ4n) is 1.80. The molecule has 1 aromatic rings. The Hall–Kier alpha value is -0.680. The maximum Gasteiger partial charge on any atom is 0.446 e. The zero-order valence-electron chi connectivity index (χ0n) is 8.77. The summed E-state index contributed by atoms with van der Waals surface area (Å²) in [6.45, 7) is 0. The SMILES string of the molecule is CNC1(c2cccc(SC(F)(F)F)c2)CC1. The summed E-state index contributed by atoms with van der Waals surface area (Å²) >= 11 is -0.0585. The van der Waals surface area contributed by atoms with Crippen LogP contribution in [-0.4, -0.2) is 12.6 Å². The first-order valence-electron chi connectivity index (χ1n) is 5.00. The van der Waals surface area contributed by atoms with Gasteiger partial charge in [0.05, 0.1) is 0 Å². The highest BCUT2D eigenvalue weighted by molar-refractivity contribution is 8.00. The van der Waals surface area contributed by atoms with E-state index in [-0.39, 0.29) is 22.2 Å². The van der Waals surface area contributed by atoms with Gasteiger partial charge in [0, 0.05) is 10.4 Å². The summed E-state index contributed by atoms with van der Waals surface area (Å²) in [4.78, 5) is 0.256. The van der Waals surface area contributed by atoms with Gasteiger partial charge in [-0.15, -0.1) is 0 Å². The van der Waals surface area contributed by atoms with Crippen molar-refractivity contribution < 1.29 is 13.2 Å². The van der Waals surface area contributed by atoms with Crippen LogP contribution in [0.2, 0.25) is 0 Å². The Kier molecular flexibility index (Phi) is 2.92. The van der Waals surface area contributed by atoms with Gasteiger partial charge in [0.2, 0.25) is 0 Å². The zero-order valence-corrected chi connectivity index (χ0v) is 9.58. The largest absolute Gasteiger partial charge is 0.446 e. The third-order valence-electron chi connectivity index (χ3n) is 2.85. The molecule has 5 heteroatoms. The van der Waals surface area contributed by atoms with E-state index in [0.717, 1.165) is 18.4 Å². The Balaban J connectivity index is 2.20. The first-order chi connectivity index (χ1) is 7.45. The zero-order chi connectivity index (χ0) is 11.8. The predicted molar refractivity (Wildman–Crippen MR) is 58.3 cm³/mol. The van der Waals surface area contributed by atoms with Crippen molar-refractivity contribution in [3.63, 3.8) is 0 Å². The number of thioether (sulfide) groups is 1. The fraction of sp³-hybridized carbons (Fsp3) is 0.455. The lowest BCUT2D eigenvalue weighted by molar-refractivity contribution is -0.0328. The van der Waals surface area contributed by atoms with Crippen molar-refractivity contribution in [1.29, 1.82) is 0 Å². The lowest BCUT2D eigenvalue weighted by Gasteiger charge is -2.15. The predicted octanol–water partition coefficient (Wildman–Crippen LogP) is 3.51. The summed E-state index contributed by atoms with van der Waals surface area (Å²) in [7, 11) is 1.84. The van der Waals surface area contributed by atoms with E-state index < -0.39 is 5.51 Å². The molecule has 0 radical (unpaired) electrons. The second kappa shape index (κ2) is 3.96. The summed E-state index contributed by atoms with van der Waals surface area (Å²) < 4.78 is 36.6. The first kappa shape index (κ1) is 11.8. The van der Waals surface area contributed by atoms with Crippen LogP contribution in [0.5, 0.6) is 0 Å². The lowest BCUT2D eigenvalue weighted by atomic mass is 10.1. The lowest BCUT2D eigenvalue weighted by Crippen LogP contribution is -2.24. The highest BCUT2D eigenvalue weighted by Crippen LogP contribution is 2.46. The molecule has 0 amide bonds. The molecule has 1 saturated carbocycles. The monoisotopic (exact) mass is 247 g/mol. The van der Waals surface area contributed by atoms with E-state index >= 15 is 0 Å². The molecule has 0 saturated heterocycles. The van der Waals surface area contributed by atoms with Gasteiger partial charge in [-0.05, 0) is 49.3 Å². The molecular weight excluding hydrogens is 235 g/mol. The van der Waals surface area contributed by atoms with E-state index in [1.165, 1.54) is 6.07 Å². The van der Waals surface area contributed by atoms with Crippen molar-refractivity contribution in [2.24, 2.45) is 0 Å². The molecule has 0 unspecified atom stereocenters. The molecule has 1 aliphatic rings. The van der Waals surface area contributed by atoms with Crippen LogP contribution in [0.15, 0.2) is 29.2 Å². The van der Waals surface area contributed by atoms with E-state index in [1.54, 1.807) is 12.1 Å². The number of halogens is 3. The second-order valence-electron chi connectivity index (χ2n) is 3.91. The number of alkyl halides is 3. The second-order valence-corrected chi connectivity index (χ2v) is 5.05. The highest BCUT2D eigenvalue weighted by atomic mass is 32.2. The van der Waals surface area contributed by atoms with Crippen molar-refractivity contribution in [3.8, 4) is 0 Å². The molecule has 0 bridgehead atoms. The third-order valence-corrected chi connectivity index (χ3v) is 3.57. The molecule has 0 spiro atoms. The summed E-state index contributed by atoms with van der Waals surface area (Å²) in [5.41, 5.74) is -3.35. The van der Waals surface area contributed by atoms with Gasteiger partial charge < -0.3 is 5.32 Å². The van der Waals surface area contributed by atoms with Crippen LogP contribution in [0.4, 0.5) is 13.2 Å². The summed E-state index contributed by atoms with van der Waals surface area (Å²) in [6.07, 6.45) is 1.98. The van der Waals surface area contributed by atoms with E-state index in [0.29, 0.717) is 0 Å². The van der Waals surface area contributed by atoms with Crippen LogP contribution < -0.4 is 5.32 Å². The molecule has 0 atom stereocenters.